The third-order valence-corrected chi connectivity index (χ3v) is 1.49. The summed E-state index contributed by atoms with van der Waals surface area (Å²) in [6, 6.07) is 6.85. The lowest BCUT2D eigenvalue weighted by atomic mass is 10.1. The van der Waals surface area contributed by atoms with E-state index in [0.29, 0.717) is 12.2 Å². The van der Waals surface area contributed by atoms with Gasteiger partial charge in [-0.2, -0.15) is 0 Å². The van der Waals surface area contributed by atoms with Gasteiger partial charge in [0.25, 0.3) is 0 Å². The van der Waals surface area contributed by atoms with Gasteiger partial charge in [0.15, 0.2) is 5.78 Å². The molecule has 12 heavy (non-hydrogen) atoms. The molecule has 0 amide bonds. The average Bonchev–Trinajstić information content (AvgIpc) is 2.18. The zero-order chi connectivity index (χ0) is 9.68. The molecule has 0 aliphatic heterocycles. The molecule has 0 bridgehead atoms. The quantitative estimate of drug-likeness (QED) is 0.642. The zero-order valence-electron chi connectivity index (χ0n) is 8.04. The molecule has 64 valence electrons. The highest BCUT2D eigenvalue weighted by Gasteiger charge is 1.97. The van der Waals surface area contributed by atoms with Crippen LogP contribution in [0.5, 0.6) is 5.75 Å². The second-order valence-electron chi connectivity index (χ2n) is 2.38. The molecule has 0 N–H and O–H groups in total. The van der Waals surface area contributed by atoms with E-state index in [4.69, 9.17) is 6.11 Å². The maximum atomic E-state index is 11.1. The Morgan fingerprint density at radius 2 is 2.17 bits per heavy atom. The summed E-state index contributed by atoms with van der Waals surface area (Å²) in [7, 11) is 0. The summed E-state index contributed by atoms with van der Waals surface area (Å²) in [6.45, 7) is 2.32. The maximum absolute atomic E-state index is 11.1. The highest BCUT2D eigenvalue weighted by atomic mass is 16.5. The van der Waals surface area contributed by atoms with E-state index >= 15 is 0 Å². The van der Waals surface area contributed by atoms with Crippen LogP contribution >= 0.6 is 0 Å². The van der Waals surface area contributed by atoms with Gasteiger partial charge in [-0.15, -0.1) is 0 Å². The second-order valence-corrected chi connectivity index (χ2v) is 2.38. The van der Waals surface area contributed by atoms with Crippen LogP contribution in [0.25, 0.3) is 0 Å². The Labute approximate surface area is 73.6 Å². The first-order valence-corrected chi connectivity index (χ1v) is 3.83. The van der Waals surface area contributed by atoms with Crippen molar-refractivity contribution in [2.75, 3.05) is 6.61 Å². The van der Waals surface area contributed by atoms with Crippen molar-refractivity contribution < 1.29 is 10.9 Å². The first-order chi connectivity index (χ1) is 6.27. The fraction of sp³-hybridized carbons (Fsp3) is 0.300. The Balaban J connectivity index is 2.75. The van der Waals surface area contributed by atoms with Crippen molar-refractivity contribution in [1.82, 2.24) is 0 Å². The van der Waals surface area contributed by atoms with E-state index in [0.717, 1.165) is 5.75 Å². The number of rotatable bonds is 3. The van der Waals surface area contributed by atoms with Crippen molar-refractivity contribution in [2.24, 2.45) is 0 Å². The lowest BCUT2D eigenvalue weighted by Crippen LogP contribution is -1.94. The summed E-state index contributed by atoms with van der Waals surface area (Å²) >= 11 is 0. The molecular formula is C10H12O2. The number of carbonyl (C=O) groups is 1. The number of benzene rings is 1. The molecule has 0 spiro atoms. The minimum atomic E-state index is -0.200. The van der Waals surface area contributed by atoms with Crippen molar-refractivity contribution in [3.63, 3.8) is 0 Å². The summed E-state index contributed by atoms with van der Waals surface area (Å²) in [5.41, 5.74) is 0.568. The summed E-state index contributed by atoms with van der Waals surface area (Å²) in [4.78, 5) is 11.1. The molecule has 0 unspecified atom stereocenters. The molecule has 1 rings (SSSR count). The maximum Gasteiger partial charge on any atom is 0.159 e. The van der Waals surface area contributed by atoms with Gasteiger partial charge >= 0.3 is 0 Å². The van der Waals surface area contributed by atoms with Crippen LogP contribution in [0.2, 0.25) is 0 Å². The van der Waals surface area contributed by atoms with E-state index in [1.54, 1.807) is 24.3 Å². The van der Waals surface area contributed by atoms with Gasteiger partial charge in [0, 0.05) is 6.93 Å². The van der Waals surface area contributed by atoms with Gasteiger partial charge in [0.05, 0.1) is 6.61 Å². The zero-order valence-corrected chi connectivity index (χ0v) is 7.04. The third kappa shape index (κ3) is 2.09. The number of hydrogen-bond donors (Lipinski definition) is 0. The number of Topliss-reactive ketones (excluding diaryl/α,β-unsaturated/α-hetero) is 1. The molecule has 0 fully saturated rings. The van der Waals surface area contributed by atoms with E-state index in [1.165, 1.54) is 0 Å². The molecule has 2 nitrogen and oxygen atoms in total. The van der Waals surface area contributed by atoms with Crippen molar-refractivity contribution in [3.8, 4) is 5.75 Å². The van der Waals surface area contributed by atoms with Crippen LogP contribution in [0.15, 0.2) is 24.3 Å². The monoisotopic (exact) mass is 165 g/mol. The first kappa shape index (κ1) is 7.35. The SMILES string of the molecule is [2H]CC(=O)c1ccc(OCC)cc1. The third-order valence-electron chi connectivity index (χ3n) is 1.49. The van der Waals surface area contributed by atoms with Gasteiger partial charge in [0.1, 0.15) is 5.75 Å². The van der Waals surface area contributed by atoms with Crippen LogP contribution in [0.3, 0.4) is 0 Å². The lowest BCUT2D eigenvalue weighted by molar-refractivity contribution is 0.101. The molecule has 0 aliphatic rings. The largest absolute Gasteiger partial charge is 0.494 e. The topological polar surface area (TPSA) is 26.3 Å². The van der Waals surface area contributed by atoms with Crippen LogP contribution in [0.1, 0.15) is 25.6 Å². The van der Waals surface area contributed by atoms with Crippen molar-refractivity contribution in [1.29, 1.82) is 0 Å². The standard InChI is InChI=1S/C10H12O2/c1-3-12-10-6-4-9(5-7-10)8(2)11/h4-7H,3H2,1-2H3/i2D. The van der Waals surface area contributed by atoms with E-state index in [2.05, 4.69) is 0 Å². The molecule has 0 atom stereocenters. The normalized spacial score (nSPS) is 10.6. The fourth-order valence-corrected chi connectivity index (χ4v) is 0.904. The van der Waals surface area contributed by atoms with Crippen LogP contribution in [-0.4, -0.2) is 12.4 Å². The lowest BCUT2D eigenvalue weighted by Gasteiger charge is -2.02. The molecule has 1 aromatic carbocycles. The molecule has 1 aromatic rings. The van der Waals surface area contributed by atoms with E-state index in [1.807, 2.05) is 6.92 Å². The second kappa shape index (κ2) is 3.90. The van der Waals surface area contributed by atoms with Gasteiger partial charge in [-0.05, 0) is 38.1 Å². The highest BCUT2D eigenvalue weighted by molar-refractivity contribution is 5.94. The molecule has 0 saturated carbocycles. The first-order valence-electron chi connectivity index (χ1n) is 4.54. The van der Waals surface area contributed by atoms with Crippen molar-refractivity contribution in [2.45, 2.75) is 13.8 Å². The predicted octanol–water partition coefficient (Wildman–Crippen LogP) is 2.29. The minimum Gasteiger partial charge on any atom is -0.494 e. The van der Waals surface area contributed by atoms with Gasteiger partial charge < -0.3 is 4.74 Å². The fourth-order valence-electron chi connectivity index (χ4n) is 0.904. The Hall–Kier alpha value is -1.31. The van der Waals surface area contributed by atoms with Gasteiger partial charge in [-0.25, -0.2) is 0 Å². The van der Waals surface area contributed by atoms with Crippen LogP contribution in [0, 0.1) is 0 Å². The predicted molar refractivity (Wildman–Crippen MR) is 47.6 cm³/mol. The molecule has 0 saturated heterocycles. The smallest absolute Gasteiger partial charge is 0.159 e. The molecular weight excluding hydrogens is 152 g/mol. The average molecular weight is 165 g/mol. The summed E-state index contributed by atoms with van der Waals surface area (Å²) in [5, 5.41) is 0. The van der Waals surface area contributed by atoms with E-state index in [9.17, 15) is 4.79 Å². The number of ether oxygens (including phenoxy) is 1. The van der Waals surface area contributed by atoms with Crippen LogP contribution in [0.4, 0.5) is 0 Å². The number of ketones is 1. The summed E-state index contributed by atoms with van der Waals surface area (Å²) < 4.78 is 12.1. The van der Waals surface area contributed by atoms with Crippen LogP contribution in [-0.2, 0) is 0 Å². The number of hydrogen-bond acceptors (Lipinski definition) is 2. The van der Waals surface area contributed by atoms with Crippen molar-refractivity contribution >= 4 is 5.78 Å². The van der Waals surface area contributed by atoms with Gasteiger partial charge in [-0.1, -0.05) is 0 Å². The Morgan fingerprint density at radius 1 is 1.50 bits per heavy atom. The van der Waals surface area contributed by atoms with Gasteiger partial charge in [-0.3, -0.25) is 4.79 Å². The summed E-state index contributed by atoms with van der Waals surface area (Å²) in [6.07, 6.45) is 0. The Bertz CT molecular complexity index is 279. The van der Waals surface area contributed by atoms with Crippen LogP contribution < -0.4 is 4.74 Å². The molecule has 0 aliphatic carbocycles. The molecule has 2 heteroatoms. The Kier molecular flexibility index (Phi) is 2.39. The molecule has 0 aromatic heterocycles. The Morgan fingerprint density at radius 3 is 2.67 bits per heavy atom. The highest BCUT2D eigenvalue weighted by Crippen LogP contribution is 2.11. The van der Waals surface area contributed by atoms with E-state index in [-0.39, 0.29) is 12.7 Å². The van der Waals surface area contributed by atoms with Crippen molar-refractivity contribution in [3.05, 3.63) is 29.8 Å². The van der Waals surface area contributed by atoms with Gasteiger partial charge in [0.2, 0.25) is 0 Å². The molecule has 0 heterocycles. The minimum absolute atomic E-state index is 0.164. The van der Waals surface area contributed by atoms with E-state index < -0.39 is 0 Å². The molecule has 0 radical (unpaired) electrons. The number of carbonyl (C=O) groups excluding carboxylic acids is 1. The summed E-state index contributed by atoms with van der Waals surface area (Å²) in [5.74, 6) is 0.590.